The van der Waals surface area contributed by atoms with Crippen molar-refractivity contribution in [1.29, 1.82) is 0 Å². The predicted molar refractivity (Wildman–Crippen MR) is 124 cm³/mol. The molecule has 1 heterocycles. The van der Waals surface area contributed by atoms with E-state index in [0.717, 1.165) is 18.9 Å². The van der Waals surface area contributed by atoms with Gasteiger partial charge in [0.1, 0.15) is 5.60 Å². The van der Waals surface area contributed by atoms with E-state index in [-0.39, 0.29) is 5.60 Å². The maximum atomic E-state index is 9.60. The van der Waals surface area contributed by atoms with Crippen molar-refractivity contribution in [2.75, 3.05) is 27.2 Å². The number of nitrogens with zero attached hydrogens (tertiary/aromatic N) is 1. The van der Waals surface area contributed by atoms with Crippen LogP contribution in [0.4, 0.5) is 0 Å². The van der Waals surface area contributed by atoms with E-state index in [9.17, 15) is 4.79 Å². The number of aryl methyl sites for hydroxylation is 1. The molecule has 2 N–H and O–H groups in total. The zero-order valence-electron chi connectivity index (χ0n) is 19.7. The number of nitrogens with two attached hydrogens (primary N) is 1. The maximum Gasteiger partial charge on any atom is 0.293 e. The van der Waals surface area contributed by atoms with Crippen molar-refractivity contribution in [2.24, 2.45) is 11.7 Å². The summed E-state index contributed by atoms with van der Waals surface area (Å²) in [5.41, 5.74) is 5.85. The van der Waals surface area contributed by atoms with Gasteiger partial charge in [-0.15, -0.1) is 0 Å². The van der Waals surface area contributed by atoms with Gasteiger partial charge in [-0.25, -0.2) is 0 Å². The molecule has 1 atom stereocenters. The molecule has 29 heavy (non-hydrogen) atoms. The van der Waals surface area contributed by atoms with E-state index in [4.69, 9.17) is 4.18 Å². The fourth-order valence-electron chi connectivity index (χ4n) is 3.03. The van der Waals surface area contributed by atoms with Crippen LogP contribution in [0, 0.1) is 12.8 Å². The Morgan fingerprint density at radius 3 is 2.24 bits per heavy atom. The normalized spacial score (nSPS) is 18.2. The highest BCUT2D eigenvalue weighted by Crippen LogP contribution is 2.33. The second-order valence-electron chi connectivity index (χ2n) is 8.95. The molecule has 6 heteroatoms. The lowest BCUT2D eigenvalue weighted by Gasteiger charge is -2.26. The van der Waals surface area contributed by atoms with Crippen LogP contribution in [0.1, 0.15) is 59.4 Å². The average Bonchev–Trinajstić information content (AvgIpc) is 2.89. The summed E-state index contributed by atoms with van der Waals surface area (Å²) in [6.07, 6.45) is 3.75. The van der Waals surface area contributed by atoms with Gasteiger partial charge in [0.2, 0.25) is 0 Å². The summed E-state index contributed by atoms with van der Waals surface area (Å²) < 4.78 is 10.2. The van der Waals surface area contributed by atoms with E-state index in [0.29, 0.717) is 12.0 Å². The number of carbonyl (C=O) groups is 1. The van der Waals surface area contributed by atoms with Gasteiger partial charge in [-0.2, -0.15) is 0 Å². The van der Waals surface area contributed by atoms with Crippen LogP contribution in [0.25, 0.3) is 0 Å². The molecule has 0 radical (unpaired) electrons. The number of benzene rings is 1. The van der Waals surface area contributed by atoms with Crippen molar-refractivity contribution in [2.45, 2.75) is 76.8 Å². The van der Waals surface area contributed by atoms with Crippen molar-refractivity contribution in [3.8, 4) is 0 Å². The van der Waals surface area contributed by atoms with Crippen LogP contribution >= 0.6 is 12.0 Å². The lowest BCUT2D eigenvalue weighted by atomic mass is 9.94. The molecule has 1 aromatic carbocycles. The third-order valence-electron chi connectivity index (χ3n) is 4.77. The molecule has 1 fully saturated rings. The van der Waals surface area contributed by atoms with Crippen LogP contribution in [0.15, 0.2) is 29.2 Å². The van der Waals surface area contributed by atoms with E-state index in [2.05, 4.69) is 67.5 Å². The molecular weight excluding hydrogens is 384 g/mol. The number of rotatable bonds is 7. The Balaban J connectivity index is 0.000000740. The minimum Gasteiger partial charge on any atom is -0.462 e. The van der Waals surface area contributed by atoms with Crippen molar-refractivity contribution in [1.82, 2.24) is 4.90 Å². The molecule has 1 aliphatic rings. The molecule has 0 saturated carbocycles. The van der Waals surface area contributed by atoms with E-state index in [1.165, 1.54) is 48.9 Å². The van der Waals surface area contributed by atoms with Gasteiger partial charge in [-0.3, -0.25) is 4.79 Å². The second-order valence-corrected chi connectivity index (χ2v) is 9.82. The van der Waals surface area contributed by atoms with Crippen LogP contribution in [-0.4, -0.2) is 49.8 Å². The van der Waals surface area contributed by atoms with Gasteiger partial charge in [-0.1, -0.05) is 17.7 Å². The van der Waals surface area contributed by atoms with Gasteiger partial charge in [0.15, 0.2) is 0 Å². The summed E-state index contributed by atoms with van der Waals surface area (Å²) in [4.78, 5) is 13.3. The Labute approximate surface area is 182 Å². The molecule has 0 bridgehead atoms. The molecule has 0 aromatic heterocycles. The minimum atomic E-state index is -0.318. The van der Waals surface area contributed by atoms with Crippen molar-refractivity contribution >= 4 is 18.5 Å². The fraction of sp³-hybridized carbons (Fsp3) is 0.696. The number of likely N-dealkylation sites (tertiary alicyclic amines) is 1. The Hall–Kier alpha value is -1.08. The molecule has 0 amide bonds. The Kier molecular flexibility index (Phi) is 13.5. The van der Waals surface area contributed by atoms with E-state index in [1.807, 2.05) is 20.8 Å². The first kappa shape index (κ1) is 27.9. The largest absolute Gasteiger partial charge is 0.462 e. The average molecular weight is 427 g/mol. The molecule has 1 aliphatic heterocycles. The maximum absolute atomic E-state index is 9.60. The highest BCUT2D eigenvalue weighted by atomic mass is 32.2. The molecule has 0 aliphatic carbocycles. The van der Waals surface area contributed by atoms with Gasteiger partial charge in [0, 0.05) is 29.0 Å². The summed E-state index contributed by atoms with van der Waals surface area (Å²) in [6.45, 7) is 14.8. The van der Waals surface area contributed by atoms with Gasteiger partial charge in [-0.05, 0) is 93.0 Å². The molecule has 5 nitrogen and oxygen atoms in total. The molecule has 168 valence electrons. The van der Waals surface area contributed by atoms with Gasteiger partial charge in [0.05, 0.1) is 6.61 Å². The molecule has 2 rings (SSSR count). The van der Waals surface area contributed by atoms with Crippen LogP contribution in [0.3, 0.4) is 0 Å². The summed E-state index contributed by atoms with van der Waals surface area (Å²) in [7, 11) is 3.74. The molecule has 1 unspecified atom stereocenters. The van der Waals surface area contributed by atoms with Crippen LogP contribution < -0.4 is 5.73 Å². The fourth-order valence-corrected chi connectivity index (χ4v) is 3.62. The summed E-state index contributed by atoms with van der Waals surface area (Å²) in [5, 5.41) is 0. The number of hydrogen-bond acceptors (Lipinski definition) is 6. The molecular formula is C23H42N2O3S. The van der Waals surface area contributed by atoms with Crippen LogP contribution in [-0.2, 0) is 13.7 Å². The smallest absolute Gasteiger partial charge is 0.293 e. The van der Waals surface area contributed by atoms with Crippen molar-refractivity contribution in [3.05, 3.63) is 29.8 Å². The first-order valence-corrected chi connectivity index (χ1v) is 11.0. The predicted octanol–water partition coefficient (Wildman–Crippen LogP) is 5.06. The van der Waals surface area contributed by atoms with E-state index >= 15 is 0 Å². The SMILES string of the molecule is CC(C)(C)OC=O.CN.Cc1ccc(SOCCCC2CN(C)C(C)(C)C2)cc1. The Morgan fingerprint density at radius 1 is 1.24 bits per heavy atom. The highest BCUT2D eigenvalue weighted by Gasteiger charge is 2.35. The van der Waals surface area contributed by atoms with Gasteiger partial charge >= 0.3 is 0 Å². The topological polar surface area (TPSA) is 64.8 Å². The zero-order valence-corrected chi connectivity index (χ0v) is 20.5. The quantitative estimate of drug-likeness (QED) is 0.373. The van der Waals surface area contributed by atoms with Crippen molar-refractivity contribution in [3.63, 3.8) is 0 Å². The zero-order chi connectivity index (χ0) is 22.5. The number of ether oxygens (including phenoxy) is 1. The first-order chi connectivity index (χ1) is 13.5. The Morgan fingerprint density at radius 2 is 1.83 bits per heavy atom. The van der Waals surface area contributed by atoms with Crippen molar-refractivity contribution < 1.29 is 13.7 Å². The van der Waals surface area contributed by atoms with Gasteiger partial charge < -0.3 is 19.6 Å². The summed E-state index contributed by atoms with van der Waals surface area (Å²) in [5.74, 6) is 0.836. The highest BCUT2D eigenvalue weighted by molar-refractivity contribution is 7.94. The van der Waals surface area contributed by atoms with Crippen LogP contribution in [0.2, 0.25) is 0 Å². The molecule has 1 saturated heterocycles. The number of hydrogen-bond donors (Lipinski definition) is 1. The minimum absolute atomic E-state index is 0.318. The third kappa shape index (κ3) is 13.0. The lowest BCUT2D eigenvalue weighted by molar-refractivity contribution is -0.138. The third-order valence-corrected chi connectivity index (χ3v) is 5.52. The molecule has 0 spiro atoms. The van der Waals surface area contributed by atoms with Gasteiger partial charge in [0.25, 0.3) is 6.47 Å². The summed E-state index contributed by atoms with van der Waals surface area (Å²) >= 11 is 1.50. The summed E-state index contributed by atoms with van der Waals surface area (Å²) in [6, 6.07) is 8.49. The standard InChI is InChI=1S/C17H27NOS.C5H10O2.CH5N/c1-14-7-9-16(10-8-14)20-19-11-5-6-15-12-17(2,3)18(4)13-15;1-5(2,3)7-4-6;1-2/h7-10,15H,5-6,11-13H2,1-4H3;4H,1-3H3;2H2,1H3. The van der Waals surface area contributed by atoms with Crippen LogP contribution in [0.5, 0.6) is 0 Å². The monoisotopic (exact) mass is 426 g/mol. The lowest BCUT2D eigenvalue weighted by Crippen LogP contribution is -2.34. The molecule has 1 aromatic rings. The van der Waals surface area contributed by atoms with E-state index < -0.39 is 0 Å². The Bertz CT molecular complexity index is 556. The van der Waals surface area contributed by atoms with E-state index in [1.54, 1.807) is 0 Å². The number of carbonyl (C=O) groups excluding carboxylic acids is 1. The second kappa shape index (κ2) is 14.0. The first-order valence-electron chi connectivity index (χ1n) is 10.3.